The van der Waals surface area contributed by atoms with Crippen LogP contribution < -0.4 is 4.74 Å². The average Bonchev–Trinajstić information content (AvgIpc) is 2.99. The van der Waals surface area contributed by atoms with Crippen LogP contribution >= 0.6 is 0 Å². The molecule has 0 fully saturated rings. The quantitative estimate of drug-likeness (QED) is 0.0687. The number of benzene rings is 1. The monoisotopic (exact) mass is 560 g/mol. The van der Waals surface area contributed by atoms with E-state index in [1.54, 1.807) is 37.5 Å². The summed E-state index contributed by atoms with van der Waals surface area (Å²) in [4.78, 5) is 25.8. The summed E-state index contributed by atoms with van der Waals surface area (Å²) in [5.74, 6) is 1.02. The number of hydrogen-bond acceptors (Lipinski definition) is 5. The Labute approximate surface area is 246 Å². The number of carbonyl (C=O) groups excluding carboxylic acids is 2. The highest BCUT2D eigenvalue weighted by Crippen LogP contribution is 2.19. The molecule has 3 unspecified atom stereocenters. The van der Waals surface area contributed by atoms with Crippen LogP contribution in [0.15, 0.2) is 29.8 Å². The third kappa shape index (κ3) is 17.4. The van der Waals surface area contributed by atoms with Crippen LogP contribution in [0.3, 0.4) is 0 Å². The molecule has 0 radical (unpaired) electrons. The predicted octanol–water partition coefficient (Wildman–Crippen LogP) is 9.82. The second kappa shape index (κ2) is 24.5. The SMILES string of the molecule is CCCCC(C)CC.CCCCC(CC)COC(=O)C(=Cc1ccc(OC)cc1)C(=O)OCC(CC)CCCC. The fraction of sp³-hybridized carbons (Fsp3) is 0.714. The predicted molar refractivity (Wildman–Crippen MR) is 168 cm³/mol. The van der Waals surface area contributed by atoms with Crippen LogP contribution in [0.25, 0.3) is 6.08 Å². The van der Waals surface area contributed by atoms with E-state index in [2.05, 4.69) is 48.5 Å². The maximum atomic E-state index is 12.9. The van der Waals surface area contributed by atoms with Crippen molar-refractivity contribution in [2.75, 3.05) is 20.3 Å². The molecule has 0 saturated heterocycles. The van der Waals surface area contributed by atoms with Gasteiger partial charge in [-0.3, -0.25) is 0 Å². The molecule has 0 saturated carbocycles. The average molecular weight is 561 g/mol. The number of ether oxygens (including phenoxy) is 3. The molecule has 5 heteroatoms. The summed E-state index contributed by atoms with van der Waals surface area (Å²) >= 11 is 0. The number of carbonyl (C=O) groups is 2. The van der Waals surface area contributed by atoms with Gasteiger partial charge in [0, 0.05) is 0 Å². The lowest BCUT2D eigenvalue weighted by atomic mass is 10.0. The van der Waals surface area contributed by atoms with Crippen molar-refractivity contribution in [1.82, 2.24) is 0 Å². The third-order valence-corrected chi connectivity index (χ3v) is 7.60. The Morgan fingerprint density at radius 2 is 1.15 bits per heavy atom. The first-order valence-electron chi connectivity index (χ1n) is 16.0. The van der Waals surface area contributed by atoms with Crippen LogP contribution in [-0.2, 0) is 19.1 Å². The Kier molecular flexibility index (Phi) is 23.1. The van der Waals surface area contributed by atoms with Gasteiger partial charge in [-0.05, 0) is 54.4 Å². The molecule has 1 aromatic carbocycles. The van der Waals surface area contributed by atoms with E-state index in [1.165, 1.54) is 25.7 Å². The first-order valence-corrected chi connectivity index (χ1v) is 16.0. The van der Waals surface area contributed by atoms with Gasteiger partial charge in [-0.25, -0.2) is 9.59 Å². The minimum Gasteiger partial charge on any atom is -0.497 e. The Hall–Kier alpha value is -2.30. The van der Waals surface area contributed by atoms with Crippen LogP contribution in [0.1, 0.15) is 131 Å². The molecule has 0 spiro atoms. The second-order valence-electron chi connectivity index (χ2n) is 11.0. The molecule has 1 aromatic rings. The molecular weight excluding hydrogens is 500 g/mol. The topological polar surface area (TPSA) is 61.8 Å². The molecule has 0 heterocycles. The third-order valence-electron chi connectivity index (χ3n) is 7.60. The summed E-state index contributed by atoms with van der Waals surface area (Å²) in [6, 6.07) is 7.17. The van der Waals surface area contributed by atoms with Crippen LogP contribution in [-0.4, -0.2) is 32.3 Å². The minimum atomic E-state index is -0.623. The van der Waals surface area contributed by atoms with Crippen molar-refractivity contribution in [3.05, 3.63) is 35.4 Å². The standard InChI is InChI=1S/C27H42O5.C8H18/c1-6-10-12-21(8-3)19-31-26(28)25(18-23-14-16-24(30-5)17-15-23)27(29)32-20-22(9-4)13-11-7-2;1-4-6-7-8(3)5-2/h14-18,21-22H,6-13,19-20H2,1-5H3;8H,4-7H2,1-3H3. The van der Waals surface area contributed by atoms with E-state index < -0.39 is 11.9 Å². The first-order chi connectivity index (χ1) is 19.3. The highest BCUT2D eigenvalue weighted by molar-refractivity contribution is 6.17. The normalized spacial score (nSPS) is 12.8. The van der Waals surface area contributed by atoms with Crippen LogP contribution in [0.5, 0.6) is 5.75 Å². The molecule has 1 rings (SSSR count). The van der Waals surface area contributed by atoms with Crippen LogP contribution in [0.2, 0.25) is 0 Å². The summed E-state index contributed by atoms with van der Waals surface area (Å²) in [5, 5.41) is 0. The van der Waals surface area contributed by atoms with Gasteiger partial charge in [-0.2, -0.15) is 0 Å². The van der Waals surface area contributed by atoms with Crippen molar-refractivity contribution in [3.63, 3.8) is 0 Å². The van der Waals surface area contributed by atoms with Gasteiger partial charge >= 0.3 is 11.9 Å². The molecule has 0 aliphatic heterocycles. The van der Waals surface area contributed by atoms with Gasteiger partial charge in [0.2, 0.25) is 0 Å². The van der Waals surface area contributed by atoms with Gasteiger partial charge in [0.05, 0.1) is 20.3 Å². The fourth-order valence-electron chi connectivity index (χ4n) is 4.16. The fourth-order valence-corrected chi connectivity index (χ4v) is 4.16. The van der Waals surface area contributed by atoms with E-state index in [4.69, 9.17) is 14.2 Å². The van der Waals surface area contributed by atoms with E-state index in [0.29, 0.717) is 36.4 Å². The smallest absolute Gasteiger partial charge is 0.345 e. The molecule has 0 aliphatic rings. The van der Waals surface area contributed by atoms with Gasteiger partial charge in [0.1, 0.15) is 11.3 Å². The van der Waals surface area contributed by atoms with E-state index in [-0.39, 0.29) is 5.57 Å². The summed E-state index contributed by atoms with van der Waals surface area (Å²) in [6.45, 7) is 16.0. The summed E-state index contributed by atoms with van der Waals surface area (Å²) in [5.41, 5.74) is 0.650. The molecule has 0 N–H and O–H groups in total. The molecule has 40 heavy (non-hydrogen) atoms. The highest BCUT2D eigenvalue weighted by Gasteiger charge is 2.24. The van der Waals surface area contributed by atoms with Gasteiger partial charge < -0.3 is 14.2 Å². The van der Waals surface area contributed by atoms with Crippen molar-refractivity contribution >= 4 is 18.0 Å². The van der Waals surface area contributed by atoms with E-state index in [0.717, 1.165) is 57.3 Å². The minimum absolute atomic E-state index is 0.0640. The van der Waals surface area contributed by atoms with Crippen molar-refractivity contribution < 1.29 is 23.8 Å². The first kappa shape index (κ1) is 37.7. The molecule has 0 aliphatic carbocycles. The zero-order valence-corrected chi connectivity index (χ0v) is 27.1. The highest BCUT2D eigenvalue weighted by atomic mass is 16.6. The van der Waals surface area contributed by atoms with Crippen molar-refractivity contribution in [1.29, 1.82) is 0 Å². The van der Waals surface area contributed by atoms with Crippen molar-refractivity contribution in [2.24, 2.45) is 17.8 Å². The molecule has 5 nitrogen and oxygen atoms in total. The van der Waals surface area contributed by atoms with Crippen LogP contribution in [0, 0.1) is 17.8 Å². The van der Waals surface area contributed by atoms with E-state index in [9.17, 15) is 9.59 Å². The summed E-state index contributed by atoms with van der Waals surface area (Å²) in [6.07, 6.45) is 15.4. The Morgan fingerprint density at radius 3 is 1.52 bits per heavy atom. The van der Waals surface area contributed by atoms with E-state index >= 15 is 0 Å². The zero-order chi connectivity index (χ0) is 30.2. The summed E-state index contributed by atoms with van der Waals surface area (Å²) < 4.78 is 16.3. The number of methoxy groups -OCH3 is 1. The Bertz CT molecular complexity index is 765. The van der Waals surface area contributed by atoms with Crippen molar-refractivity contribution in [3.8, 4) is 5.75 Å². The maximum Gasteiger partial charge on any atom is 0.345 e. The summed E-state index contributed by atoms with van der Waals surface area (Å²) in [7, 11) is 1.59. The Balaban J connectivity index is 0.00000165. The molecular formula is C35H60O5. The lowest BCUT2D eigenvalue weighted by Gasteiger charge is -2.17. The number of rotatable bonds is 20. The molecule has 230 valence electrons. The zero-order valence-electron chi connectivity index (χ0n) is 27.1. The van der Waals surface area contributed by atoms with Gasteiger partial charge in [0.15, 0.2) is 0 Å². The van der Waals surface area contributed by atoms with E-state index in [1.807, 2.05) is 0 Å². The Morgan fingerprint density at radius 1 is 0.700 bits per heavy atom. The molecule has 3 atom stereocenters. The lowest BCUT2D eigenvalue weighted by Crippen LogP contribution is -2.23. The largest absolute Gasteiger partial charge is 0.497 e. The lowest BCUT2D eigenvalue weighted by molar-refractivity contribution is -0.148. The maximum absolute atomic E-state index is 12.9. The van der Waals surface area contributed by atoms with Crippen molar-refractivity contribution in [2.45, 2.75) is 126 Å². The van der Waals surface area contributed by atoms with Gasteiger partial charge in [0.25, 0.3) is 0 Å². The van der Waals surface area contributed by atoms with Crippen LogP contribution in [0.4, 0.5) is 0 Å². The number of hydrogen-bond donors (Lipinski definition) is 0. The van der Waals surface area contributed by atoms with Gasteiger partial charge in [-0.1, -0.05) is 125 Å². The second-order valence-corrected chi connectivity index (χ2v) is 11.0. The number of esters is 2. The molecule has 0 aromatic heterocycles. The molecule has 0 amide bonds. The number of unbranched alkanes of at least 4 members (excludes halogenated alkanes) is 3. The van der Waals surface area contributed by atoms with Gasteiger partial charge in [-0.15, -0.1) is 0 Å². The molecule has 0 bridgehead atoms.